The van der Waals surface area contributed by atoms with E-state index in [-0.39, 0.29) is 0 Å². The zero-order chi connectivity index (χ0) is 13.8. The highest BCUT2D eigenvalue weighted by atomic mass is 16.7. The molecule has 2 heterocycles. The summed E-state index contributed by atoms with van der Waals surface area (Å²) in [7, 11) is 1.61. The maximum Gasteiger partial charge on any atom is 0.231 e. The van der Waals surface area contributed by atoms with Gasteiger partial charge in [-0.3, -0.25) is 0 Å². The number of nitrogens with one attached hydrogen (secondary N) is 1. The van der Waals surface area contributed by atoms with Gasteiger partial charge in [-0.15, -0.1) is 0 Å². The van der Waals surface area contributed by atoms with Gasteiger partial charge >= 0.3 is 0 Å². The Bertz CT molecular complexity index is 584. The second kappa shape index (κ2) is 5.79. The topological polar surface area (TPSA) is 52.6 Å². The minimum absolute atomic E-state index is 0.309. The molecule has 104 valence electrons. The Kier molecular flexibility index (Phi) is 3.69. The van der Waals surface area contributed by atoms with Gasteiger partial charge in [-0.05, 0) is 23.3 Å². The largest absolute Gasteiger partial charge is 0.481 e. The molecule has 0 fully saturated rings. The molecule has 5 nitrogen and oxygen atoms in total. The zero-order valence-electron chi connectivity index (χ0n) is 11.3. The molecule has 3 rings (SSSR count). The quantitative estimate of drug-likeness (QED) is 0.903. The molecule has 0 unspecified atom stereocenters. The summed E-state index contributed by atoms with van der Waals surface area (Å²) in [6.45, 7) is 1.83. The van der Waals surface area contributed by atoms with Gasteiger partial charge in [0.25, 0.3) is 0 Å². The molecular formula is C15H16N2O3. The molecule has 0 amide bonds. The first-order chi connectivity index (χ1) is 9.85. The van der Waals surface area contributed by atoms with Crippen LogP contribution in [0.25, 0.3) is 0 Å². The summed E-state index contributed by atoms with van der Waals surface area (Å²) in [6.07, 6.45) is 1.81. The van der Waals surface area contributed by atoms with E-state index >= 15 is 0 Å². The number of hydrogen-bond acceptors (Lipinski definition) is 5. The van der Waals surface area contributed by atoms with Crippen LogP contribution in [0.4, 0.5) is 0 Å². The van der Waals surface area contributed by atoms with Crippen LogP contribution in [0.3, 0.4) is 0 Å². The first kappa shape index (κ1) is 12.7. The lowest BCUT2D eigenvalue weighted by atomic mass is 10.2. The van der Waals surface area contributed by atoms with E-state index in [4.69, 9.17) is 14.2 Å². The third-order valence-electron chi connectivity index (χ3n) is 3.10. The van der Waals surface area contributed by atoms with Gasteiger partial charge in [-0.2, -0.15) is 0 Å². The number of pyridine rings is 1. The van der Waals surface area contributed by atoms with Crippen LogP contribution in [0.5, 0.6) is 17.4 Å². The van der Waals surface area contributed by atoms with E-state index in [9.17, 15) is 0 Å². The van der Waals surface area contributed by atoms with Crippen molar-refractivity contribution in [3.05, 3.63) is 47.7 Å². The van der Waals surface area contributed by atoms with Gasteiger partial charge < -0.3 is 19.5 Å². The van der Waals surface area contributed by atoms with Gasteiger partial charge in [0.15, 0.2) is 11.5 Å². The summed E-state index contributed by atoms with van der Waals surface area (Å²) in [5.41, 5.74) is 2.28. The standard InChI is InChI=1S/C15H16N2O3/c1-18-15-5-3-12(9-17-15)8-16-7-11-2-4-13-14(6-11)20-10-19-13/h2-6,9,16H,7-8,10H2,1H3. The van der Waals surface area contributed by atoms with Crippen LogP contribution in [0.15, 0.2) is 36.5 Å². The third kappa shape index (κ3) is 2.83. The number of benzene rings is 1. The van der Waals surface area contributed by atoms with Crippen molar-refractivity contribution in [1.82, 2.24) is 10.3 Å². The van der Waals surface area contributed by atoms with Crippen LogP contribution < -0.4 is 19.5 Å². The van der Waals surface area contributed by atoms with E-state index in [0.29, 0.717) is 12.7 Å². The number of nitrogens with zero attached hydrogens (tertiary/aromatic N) is 1. The van der Waals surface area contributed by atoms with Gasteiger partial charge in [0.2, 0.25) is 12.7 Å². The minimum atomic E-state index is 0.309. The van der Waals surface area contributed by atoms with Gasteiger partial charge in [0.05, 0.1) is 7.11 Å². The Morgan fingerprint density at radius 3 is 2.70 bits per heavy atom. The molecule has 0 saturated heterocycles. The van der Waals surface area contributed by atoms with Gasteiger partial charge in [0, 0.05) is 25.4 Å². The Balaban J connectivity index is 1.54. The lowest BCUT2D eigenvalue weighted by Gasteiger charge is -2.06. The molecule has 0 saturated carbocycles. The van der Waals surface area contributed by atoms with Gasteiger partial charge in [-0.1, -0.05) is 12.1 Å². The van der Waals surface area contributed by atoms with Crippen molar-refractivity contribution < 1.29 is 14.2 Å². The van der Waals surface area contributed by atoms with Crippen LogP contribution in [0.1, 0.15) is 11.1 Å². The van der Waals surface area contributed by atoms with E-state index in [0.717, 1.165) is 35.7 Å². The minimum Gasteiger partial charge on any atom is -0.481 e. The van der Waals surface area contributed by atoms with E-state index in [1.54, 1.807) is 7.11 Å². The summed E-state index contributed by atoms with van der Waals surface area (Å²) in [5, 5.41) is 3.37. The second-order valence-electron chi connectivity index (χ2n) is 4.50. The average Bonchev–Trinajstić information content (AvgIpc) is 2.95. The van der Waals surface area contributed by atoms with E-state index < -0.39 is 0 Å². The highest BCUT2D eigenvalue weighted by Gasteiger charge is 2.12. The SMILES string of the molecule is COc1ccc(CNCc2ccc3c(c2)OCO3)cn1. The van der Waals surface area contributed by atoms with Crippen LogP contribution in [-0.4, -0.2) is 18.9 Å². The number of rotatable bonds is 5. The summed E-state index contributed by atoms with van der Waals surface area (Å²) >= 11 is 0. The van der Waals surface area contributed by atoms with Crippen LogP contribution in [0.2, 0.25) is 0 Å². The Morgan fingerprint density at radius 1 is 1.10 bits per heavy atom. The zero-order valence-corrected chi connectivity index (χ0v) is 11.3. The van der Waals surface area contributed by atoms with Crippen LogP contribution >= 0.6 is 0 Å². The molecule has 1 aliphatic heterocycles. The lowest BCUT2D eigenvalue weighted by Crippen LogP contribution is -2.12. The Labute approximate surface area is 117 Å². The van der Waals surface area contributed by atoms with Crippen molar-refractivity contribution in [1.29, 1.82) is 0 Å². The molecule has 2 aromatic rings. The van der Waals surface area contributed by atoms with Crippen molar-refractivity contribution in [2.45, 2.75) is 13.1 Å². The van der Waals surface area contributed by atoms with E-state index in [2.05, 4.69) is 10.3 Å². The van der Waals surface area contributed by atoms with E-state index in [1.165, 1.54) is 0 Å². The second-order valence-corrected chi connectivity index (χ2v) is 4.50. The summed E-state index contributed by atoms with van der Waals surface area (Å²) < 4.78 is 15.7. The average molecular weight is 272 g/mol. The molecule has 1 aromatic heterocycles. The molecule has 0 bridgehead atoms. The number of fused-ring (bicyclic) bond motifs is 1. The molecule has 0 aliphatic carbocycles. The summed E-state index contributed by atoms with van der Waals surface area (Å²) in [5.74, 6) is 2.26. The number of aromatic nitrogens is 1. The molecule has 0 atom stereocenters. The van der Waals surface area contributed by atoms with Crippen molar-refractivity contribution in [2.24, 2.45) is 0 Å². The van der Waals surface area contributed by atoms with Crippen molar-refractivity contribution in [2.75, 3.05) is 13.9 Å². The normalized spacial score (nSPS) is 12.4. The highest BCUT2D eigenvalue weighted by Crippen LogP contribution is 2.32. The number of methoxy groups -OCH3 is 1. The highest BCUT2D eigenvalue weighted by molar-refractivity contribution is 5.44. The maximum atomic E-state index is 5.36. The van der Waals surface area contributed by atoms with Gasteiger partial charge in [0.1, 0.15) is 0 Å². The number of ether oxygens (including phenoxy) is 3. The predicted molar refractivity (Wildman–Crippen MR) is 73.9 cm³/mol. The molecule has 1 aliphatic rings. The number of hydrogen-bond donors (Lipinski definition) is 1. The molecule has 1 aromatic carbocycles. The van der Waals surface area contributed by atoms with Crippen molar-refractivity contribution >= 4 is 0 Å². The van der Waals surface area contributed by atoms with Crippen molar-refractivity contribution in [3.8, 4) is 17.4 Å². The van der Waals surface area contributed by atoms with Crippen LogP contribution in [0, 0.1) is 0 Å². The fraction of sp³-hybridized carbons (Fsp3) is 0.267. The smallest absolute Gasteiger partial charge is 0.231 e. The molecule has 1 N–H and O–H groups in total. The third-order valence-corrected chi connectivity index (χ3v) is 3.10. The molecule has 0 spiro atoms. The van der Waals surface area contributed by atoms with Crippen molar-refractivity contribution in [3.63, 3.8) is 0 Å². The molecule has 20 heavy (non-hydrogen) atoms. The fourth-order valence-corrected chi connectivity index (χ4v) is 2.04. The molecular weight excluding hydrogens is 256 g/mol. The molecule has 5 heteroatoms. The monoisotopic (exact) mass is 272 g/mol. The fourth-order valence-electron chi connectivity index (χ4n) is 2.04. The van der Waals surface area contributed by atoms with Crippen LogP contribution in [-0.2, 0) is 13.1 Å². The molecule has 0 radical (unpaired) electrons. The first-order valence-electron chi connectivity index (χ1n) is 6.43. The predicted octanol–water partition coefficient (Wildman–Crippen LogP) is 2.11. The summed E-state index contributed by atoms with van der Waals surface area (Å²) in [4.78, 5) is 4.17. The van der Waals surface area contributed by atoms with Gasteiger partial charge in [-0.25, -0.2) is 4.98 Å². The Morgan fingerprint density at radius 2 is 1.90 bits per heavy atom. The van der Waals surface area contributed by atoms with E-state index in [1.807, 2.05) is 36.5 Å². The maximum absolute atomic E-state index is 5.36. The lowest BCUT2D eigenvalue weighted by molar-refractivity contribution is 0.174. The summed E-state index contributed by atoms with van der Waals surface area (Å²) in [6, 6.07) is 9.83. The first-order valence-corrected chi connectivity index (χ1v) is 6.43. The Hall–Kier alpha value is -2.27.